The maximum atomic E-state index is 2.34. The predicted octanol–water partition coefficient (Wildman–Crippen LogP) is 4.71. The third-order valence-corrected chi connectivity index (χ3v) is 4.52. The minimum atomic E-state index is 0.946. The molecule has 1 aliphatic rings. The van der Waals surface area contributed by atoms with Crippen LogP contribution in [0.2, 0.25) is 0 Å². The van der Waals surface area contributed by atoms with E-state index in [4.69, 9.17) is 0 Å². The first-order valence-corrected chi connectivity index (χ1v) is 7.54. The summed E-state index contributed by atoms with van der Waals surface area (Å²) < 4.78 is 0. The van der Waals surface area contributed by atoms with Crippen molar-refractivity contribution in [2.24, 2.45) is 11.8 Å². The Labute approximate surface area is 86.7 Å². The van der Waals surface area contributed by atoms with Crippen molar-refractivity contribution in [3.63, 3.8) is 0 Å². The first-order chi connectivity index (χ1) is 5.80. The van der Waals surface area contributed by atoms with Gasteiger partial charge in [0.05, 0.1) is 0 Å². The molecule has 0 amide bonds. The normalized spacial score (nSPS) is 27.5. The van der Waals surface area contributed by atoms with Crippen LogP contribution in [-0.2, 0) is 0 Å². The summed E-state index contributed by atoms with van der Waals surface area (Å²) in [4.78, 5) is 0. The quantitative estimate of drug-likeness (QED) is 0.529. The lowest BCUT2D eigenvalue weighted by atomic mass is 10.0. The van der Waals surface area contributed by atoms with Crippen LogP contribution >= 0.6 is 21.6 Å². The number of hydrogen-bond acceptors (Lipinski definition) is 2. The Hall–Kier alpha value is 0.700. The molecule has 0 radical (unpaired) electrons. The fourth-order valence-electron chi connectivity index (χ4n) is 0.639. The summed E-state index contributed by atoms with van der Waals surface area (Å²) in [7, 11) is 4.05. The van der Waals surface area contributed by atoms with Gasteiger partial charge in [-0.15, -0.1) is 0 Å². The summed E-state index contributed by atoms with van der Waals surface area (Å²) in [6.07, 6.45) is 0. The average molecular weight is 208 g/mol. The van der Waals surface area contributed by atoms with E-state index in [-0.39, 0.29) is 0 Å². The molecule has 0 aromatic heterocycles. The Morgan fingerprint density at radius 3 is 1.17 bits per heavy atom. The van der Waals surface area contributed by atoms with Gasteiger partial charge in [0.25, 0.3) is 0 Å². The van der Waals surface area contributed by atoms with Gasteiger partial charge in [-0.3, -0.25) is 0 Å². The van der Waals surface area contributed by atoms with Crippen LogP contribution in [0.15, 0.2) is 0 Å². The zero-order valence-electron chi connectivity index (χ0n) is 9.39. The third-order valence-electron chi connectivity index (χ3n) is 1.72. The predicted molar refractivity (Wildman–Crippen MR) is 65.9 cm³/mol. The van der Waals surface area contributed by atoms with E-state index in [9.17, 15) is 0 Å². The third kappa shape index (κ3) is 7.35. The molecular formula is C10H24S2. The van der Waals surface area contributed by atoms with Crippen molar-refractivity contribution in [2.75, 3.05) is 11.5 Å². The highest BCUT2D eigenvalue weighted by Crippen LogP contribution is 2.35. The Balaban J connectivity index is 0. The molecule has 0 saturated carbocycles. The molecule has 0 aliphatic carbocycles. The van der Waals surface area contributed by atoms with E-state index in [0.717, 1.165) is 11.8 Å². The fraction of sp³-hybridized carbons (Fsp3) is 1.00. The molecular weight excluding hydrogens is 184 g/mol. The molecule has 1 fully saturated rings. The van der Waals surface area contributed by atoms with Crippen molar-refractivity contribution in [1.82, 2.24) is 0 Å². The lowest BCUT2D eigenvalue weighted by molar-refractivity contribution is 0.471. The Morgan fingerprint density at radius 1 is 0.750 bits per heavy atom. The SMILES string of the molecule is CC.CC.CC1CSSCC1C. The van der Waals surface area contributed by atoms with Crippen LogP contribution in [0.3, 0.4) is 0 Å². The van der Waals surface area contributed by atoms with Gasteiger partial charge in [-0.2, -0.15) is 0 Å². The lowest BCUT2D eigenvalue weighted by Crippen LogP contribution is -2.15. The van der Waals surface area contributed by atoms with Gasteiger partial charge in [0.15, 0.2) is 0 Å². The van der Waals surface area contributed by atoms with Gasteiger partial charge in [-0.05, 0) is 11.8 Å². The summed E-state index contributed by atoms with van der Waals surface area (Å²) in [5, 5.41) is 0. The molecule has 1 rings (SSSR count). The van der Waals surface area contributed by atoms with E-state index >= 15 is 0 Å². The minimum Gasteiger partial charge on any atom is -0.0939 e. The largest absolute Gasteiger partial charge is 0.0939 e. The van der Waals surface area contributed by atoms with Crippen LogP contribution in [0.1, 0.15) is 41.5 Å². The van der Waals surface area contributed by atoms with Gasteiger partial charge in [0, 0.05) is 11.5 Å². The molecule has 1 saturated heterocycles. The molecule has 0 spiro atoms. The summed E-state index contributed by atoms with van der Waals surface area (Å²) in [5.74, 6) is 4.60. The molecule has 2 atom stereocenters. The Morgan fingerprint density at radius 2 is 1.00 bits per heavy atom. The molecule has 0 N–H and O–H groups in total. The number of rotatable bonds is 0. The maximum absolute atomic E-state index is 2.34. The molecule has 0 nitrogen and oxygen atoms in total. The molecule has 1 heterocycles. The van der Waals surface area contributed by atoms with Crippen LogP contribution in [0, 0.1) is 11.8 Å². The van der Waals surface area contributed by atoms with Crippen molar-refractivity contribution >= 4 is 21.6 Å². The van der Waals surface area contributed by atoms with Gasteiger partial charge >= 0.3 is 0 Å². The van der Waals surface area contributed by atoms with Crippen LogP contribution < -0.4 is 0 Å². The van der Waals surface area contributed by atoms with E-state index in [1.165, 1.54) is 11.5 Å². The second kappa shape index (κ2) is 11.7. The van der Waals surface area contributed by atoms with E-state index in [2.05, 4.69) is 13.8 Å². The van der Waals surface area contributed by atoms with E-state index in [1.54, 1.807) is 0 Å². The van der Waals surface area contributed by atoms with Crippen molar-refractivity contribution in [3.8, 4) is 0 Å². The van der Waals surface area contributed by atoms with Crippen molar-refractivity contribution in [2.45, 2.75) is 41.5 Å². The Bertz CT molecular complexity index is 64.2. The van der Waals surface area contributed by atoms with Gasteiger partial charge in [-0.25, -0.2) is 0 Å². The molecule has 0 aromatic rings. The summed E-state index contributed by atoms with van der Waals surface area (Å²) in [5.41, 5.74) is 0. The first-order valence-electron chi connectivity index (χ1n) is 5.05. The zero-order chi connectivity index (χ0) is 9.98. The molecule has 2 unspecified atom stereocenters. The van der Waals surface area contributed by atoms with E-state index < -0.39 is 0 Å². The van der Waals surface area contributed by atoms with Crippen LogP contribution in [0.4, 0.5) is 0 Å². The molecule has 2 heteroatoms. The van der Waals surface area contributed by atoms with Crippen LogP contribution in [-0.4, -0.2) is 11.5 Å². The maximum Gasteiger partial charge on any atom is 0.00655 e. The van der Waals surface area contributed by atoms with Gasteiger partial charge in [0.1, 0.15) is 0 Å². The summed E-state index contributed by atoms with van der Waals surface area (Å²) in [6, 6.07) is 0. The van der Waals surface area contributed by atoms with Gasteiger partial charge in [0.2, 0.25) is 0 Å². The van der Waals surface area contributed by atoms with Gasteiger partial charge in [-0.1, -0.05) is 63.1 Å². The smallest absolute Gasteiger partial charge is 0.00655 e. The van der Waals surface area contributed by atoms with Gasteiger partial charge < -0.3 is 0 Å². The lowest BCUT2D eigenvalue weighted by Gasteiger charge is -2.23. The first kappa shape index (κ1) is 15.2. The Kier molecular flexibility index (Phi) is 14.8. The topological polar surface area (TPSA) is 0 Å². The minimum absolute atomic E-state index is 0.946. The standard InChI is InChI=1S/C6H12S2.2C2H6/c1-5-3-7-8-4-6(5)2;2*1-2/h5-6H,3-4H2,1-2H3;2*1-2H3. The van der Waals surface area contributed by atoms with Crippen molar-refractivity contribution < 1.29 is 0 Å². The highest BCUT2D eigenvalue weighted by atomic mass is 33.1. The molecule has 12 heavy (non-hydrogen) atoms. The van der Waals surface area contributed by atoms with Crippen molar-refractivity contribution in [3.05, 3.63) is 0 Å². The fourth-order valence-corrected chi connectivity index (χ4v) is 3.78. The highest BCUT2D eigenvalue weighted by Gasteiger charge is 2.16. The molecule has 0 aromatic carbocycles. The summed E-state index contributed by atoms with van der Waals surface area (Å²) in [6.45, 7) is 12.7. The van der Waals surface area contributed by atoms with Crippen LogP contribution in [0.25, 0.3) is 0 Å². The van der Waals surface area contributed by atoms with Crippen LogP contribution in [0.5, 0.6) is 0 Å². The molecule has 1 aliphatic heterocycles. The second-order valence-electron chi connectivity index (χ2n) is 2.52. The van der Waals surface area contributed by atoms with Crippen molar-refractivity contribution in [1.29, 1.82) is 0 Å². The summed E-state index contributed by atoms with van der Waals surface area (Å²) >= 11 is 0. The average Bonchev–Trinajstić information content (AvgIpc) is 2.17. The monoisotopic (exact) mass is 208 g/mol. The van der Waals surface area contributed by atoms with E-state index in [1.807, 2.05) is 49.3 Å². The van der Waals surface area contributed by atoms with E-state index in [0.29, 0.717) is 0 Å². The highest BCUT2D eigenvalue weighted by molar-refractivity contribution is 8.76. The molecule has 76 valence electrons. The second-order valence-corrected chi connectivity index (χ2v) is 5.08. The molecule has 0 bridgehead atoms. The zero-order valence-corrected chi connectivity index (χ0v) is 11.0. The number of hydrogen-bond donors (Lipinski definition) is 0.